The van der Waals surface area contributed by atoms with E-state index in [-0.39, 0.29) is 36.0 Å². The lowest BCUT2D eigenvalue weighted by atomic mass is 9.82. The van der Waals surface area contributed by atoms with Gasteiger partial charge in [-0.05, 0) is 103 Å². The van der Waals surface area contributed by atoms with E-state index in [4.69, 9.17) is 27.3 Å². The molecule has 0 amide bonds. The molecule has 0 N–H and O–H groups in total. The fourth-order valence-corrected chi connectivity index (χ4v) is 9.49. The van der Waals surface area contributed by atoms with Crippen molar-refractivity contribution in [3.8, 4) is 23.0 Å². The highest BCUT2D eigenvalue weighted by atomic mass is 32.2. The Kier molecular flexibility index (Phi) is 13.3. The Morgan fingerprint density at radius 3 is 1.57 bits per heavy atom. The monoisotopic (exact) mass is 848 g/mol. The van der Waals surface area contributed by atoms with E-state index in [1.165, 1.54) is 24.3 Å². The van der Waals surface area contributed by atoms with Crippen molar-refractivity contribution in [3.05, 3.63) is 178 Å². The van der Waals surface area contributed by atoms with Crippen LogP contribution in [0.15, 0.2) is 149 Å². The number of ether oxygens (including phenoxy) is 4. The molecule has 0 bridgehead atoms. The number of rotatable bonds is 18. The van der Waals surface area contributed by atoms with E-state index in [0.717, 1.165) is 38.9 Å². The predicted molar refractivity (Wildman–Crippen MR) is 229 cm³/mol. The molecule has 312 valence electrons. The summed E-state index contributed by atoms with van der Waals surface area (Å²) < 4.78 is 90.2. The lowest BCUT2D eigenvalue weighted by molar-refractivity contribution is 0.207. The normalized spacial score (nSPS) is 16.2. The molecule has 1 aliphatic carbocycles. The highest BCUT2D eigenvalue weighted by Crippen LogP contribution is 2.55. The van der Waals surface area contributed by atoms with E-state index < -0.39 is 38.0 Å². The summed E-state index contributed by atoms with van der Waals surface area (Å²) >= 11 is 0. The molecule has 0 spiro atoms. The third kappa shape index (κ3) is 9.85. The van der Waals surface area contributed by atoms with Crippen LogP contribution in [0.1, 0.15) is 57.2 Å². The Morgan fingerprint density at radius 1 is 0.517 bits per heavy atom. The highest BCUT2D eigenvalue weighted by molar-refractivity contribution is 7.87. The first-order chi connectivity index (χ1) is 29.0. The van der Waals surface area contributed by atoms with Gasteiger partial charge in [-0.15, -0.1) is 0 Å². The van der Waals surface area contributed by atoms with Gasteiger partial charge in [0.2, 0.25) is 0 Å². The lowest BCUT2D eigenvalue weighted by Gasteiger charge is -2.26. The summed E-state index contributed by atoms with van der Waals surface area (Å²) in [7, 11) is -5.17. The standard InChI is InChI=1S/C48H48O10S2/c1-33-15-20-38(21-16-33)59(49,50)57-26-25-40-41-28-46(54-4)47(56-31-36-13-9-6-10-14-36)29-42(41)48(43(40)32-58-60(51,52)39-22-17-34(2)18-23-39)37-19-24-44(45(27-37)53-3)55-30-35-11-7-5-8-12-35/h5-24,27-29,40,43,48H,25-26,30-32H2,1-4H3/t40-,43-,48-/m1/s1. The largest absolute Gasteiger partial charge is 0.493 e. The average Bonchev–Trinajstić information content (AvgIpc) is 3.56. The molecule has 10 nitrogen and oxygen atoms in total. The van der Waals surface area contributed by atoms with Crippen molar-refractivity contribution in [2.75, 3.05) is 27.4 Å². The molecule has 0 radical (unpaired) electrons. The summed E-state index contributed by atoms with van der Waals surface area (Å²) in [6, 6.07) is 42.0. The topological polar surface area (TPSA) is 124 Å². The smallest absolute Gasteiger partial charge is 0.296 e. The molecule has 60 heavy (non-hydrogen) atoms. The SMILES string of the molecule is COc1cc([C@@H]2c3cc(OCc4ccccc4)c(OC)cc3[C@@H](CCOS(=O)(=O)c3ccc(C)cc3)[C@H]2COS(=O)(=O)c2ccc(C)cc2)ccc1OCc1ccccc1. The molecule has 6 aromatic rings. The Balaban J connectivity index is 1.29. The van der Waals surface area contributed by atoms with E-state index in [1.54, 1.807) is 38.5 Å². The van der Waals surface area contributed by atoms with Gasteiger partial charge in [0.25, 0.3) is 20.2 Å². The van der Waals surface area contributed by atoms with Crippen molar-refractivity contribution in [1.82, 2.24) is 0 Å². The van der Waals surface area contributed by atoms with Crippen molar-refractivity contribution in [2.24, 2.45) is 5.92 Å². The van der Waals surface area contributed by atoms with E-state index in [2.05, 4.69) is 0 Å². The highest BCUT2D eigenvalue weighted by Gasteiger charge is 2.44. The summed E-state index contributed by atoms with van der Waals surface area (Å²) in [6.07, 6.45) is 0.204. The van der Waals surface area contributed by atoms with Crippen molar-refractivity contribution in [1.29, 1.82) is 0 Å². The van der Waals surface area contributed by atoms with Crippen LogP contribution in [0, 0.1) is 19.8 Å². The van der Waals surface area contributed by atoms with Crippen LogP contribution in [0.2, 0.25) is 0 Å². The van der Waals surface area contributed by atoms with Gasteiger partial charge in [-0.2, -0.15) is 16.8 Å². The number of benzene rings is 6. The van der Waals surface area contributed by atoms with Crippen LogP contribution in [-0.4, -0.2) is 44.3 Å². The minimum atomic E-state index is -4.20. The maximum Gasteiger partial charge on any atom is 0.296 e. The van der Waals surface area contributed by atoms with Crippen LogP contribution in [0.25, 0.3) is 0 Å². The zero-order valence-corrected chi connectivity index (χ0v) is 35.6. The zero-order chi connectivity index (χ0) is 42.3. The molecule has 0 saturated heterocycles. The Bertz CT molecular complexity index is 2600. The molecular weight excluding hydrogens is 801 g/mol. The predicted octanol–water partition coefficient (Wildman–Crippen LogP) is 9.53. The second kappa shape index (κ2) is 18.7. The lowest BCUT2D eigenvalue weighted by Crippen LogP contribution is -2.23. The van der Waals surface area contributed by atoms with E-state index in [1.807, 2.05) is 105 Å². The quantitative estimate of drug-likeness (QED) is 0.0773. The van der Waals surface area contributed by atoms with Crippen LogP contribution in [0.3, 0.4) is 0 Å². The van der Waals surface area contributed by atoms with Crippen LogP contribution < -0.4 is 18.9 Å². The number of hydrogen-bond donors (Lipinski definition) is 0. The van der Waals surface area contributed by atoms with Gasteiger partial charge in [0, 0.05) is 11.8 Å². The van der Waals surface area contributed by atoms with E-state index in [9.17, 15) is 16.8 Å². The summed E-state index contributed by atoms with van der Waals surface area (Å²) in [5.74, 6) is 0.509. The summed E-state index contributed by atoms with van der Waals surface area (Å²) in [4.78, 5) is 0.0782. The molecular formula is C48H48O10S2. The first kappa shape index (κ1) is 42.5. The fourth-order valence-electron chi connectivity index (χ4n) is 7.62. The molecule has 0 aliphatic heterocycles. The van der Waals surface area contributed by atoms with Gasteiger partial charge in [-0.1, -0.05) is 102 Å². The van der Waals surface area contributed by atoms with E-state index >= 15 is 0 Å². The van der Waals surface area contributed by atoms with Crippen LogP contribution in [-0.2, 0) is 41.8 Å². The van der Waals surface area contributed by atoms with Gasteiger partial charge >= 0.3 is 0 Å². The Labute approximate surface area is 352 Å². The second-order valence-electron chi connectivity index (χ2n) is 14.8. The summed E-state index contributed by atoms with van der Waals surface area (Å²) in [5.41, 5.74) is 6.24. The van der Waals surface area contributed by atoms with Crippen LogP contribution >= 0.6 is 0 Å². The molecule has 0 saturated carbocycles. The van der Waals surface area contributed by atoms with Crippen LogP contribution in [0.4, 0.5) is 0 Å². The van der Waals surface area contributed by atoms with Gasteiger partial charge < -0.3 is 18.9 Å². The molecule has 0 unspecified atom stereocenters. The maximum absolute atomic E-state index is 13.8. The fraction of sp³-hybridized carbons (Fsp3) is 0.250. The maximum atomic E-state index is 13.8. The number of aryl methyl sites for hydroxylation is 2. The molecule has 7 rings (SSSR count). The van der Waals surface area contributed by atoms with E-state index in [0.29, 0.717) is 29.6 Å². The summed E-state index contributed by atoms with van der Waals surface area (Å²) in [5, 5.41) is 0. The summed E-state index contributed by atoms with van der Waals surface area (Å²) in [6.45, 7) is 3.94. The zero-order valence-electron chi connectivity index (χ0n) is 33.9. The number of hydrogen-bond acceptors (Lipinski definition) is 10. The van der Waals surface area contributed by atoms with Gasteiger partial charge in [0.15, 0.2) is 23.0 Å². The Morgan fingerprint density at radius 2 is 1.02 bits per heavy atom. The third-order valence-corrected chi connectivity index (χ3v) is 13.4. The number of methoxy groups -OCH3 is 2. The molecule has 3 atom stereocenters. The Hall–Kier alpha value is -5.66. The van der Waals surface area contributed by atoms with Gasteiger partial charge in [-0.25, -0.2) is 0 Å². The molecule has 1 aliphatic rings. The van der Waals surface area contributed by atoms with Gasteiger partial charge in [0.05, 0.1) is 37.2 Å². The van der Waals surface area contributed by atoms with Crippen molar-refractivity contribution >= 4 is 20.2 Å². The first-order valence-corrected chi connectivity index (χ1v) is 22.4. The van der Waals surface area contributed by atoms with Crippen LogP contribution in [0.5, 0.6) is 23.0 Å². The average molecular weight is 849 g/mol. The van der Waals surface area contributed by atoms with Crippen molar-refractivity contribution < 1.29 is 44.1 Å². The molecule has 0 fully saturated rings. The van der Waals surface area contributed by atoms with Crippen molar-refractivity contribution in [2.45, 2.75) is 55.1 Å². The molecule has 0 aromatic heterocycles. The third-order valence-electron chi connectivity index (χ3n) is 10.8. The number of fused-ring (bicyclic) bond motifs is 1. The van der Waals surface area contributed by atoms with Gasteiger partial charge in [0.1, 0.15) is 13.2 Å². The minimum Gasteiger partial charge on any atom is -0.493 e. The van der Waals surface area contributed by atoms with Crippen molar-refractivity contribution in [3.63, 3.8) is 0 Å². The van der Waals surface area contributed by atoms with Gasteiger partial charge in [-0.3, -0.25) is 8.37 Å². The molecule has 6 aromatic carbocycles. The second-order valence-corrected chi connectivity index (χ2v) is 18.0. The minimum absolute atomic E-state index is 0.0316. The first-order valence-electron chi connectivity index (χ1n) is 19.6. The molecule has 0 heterocycles. The molecule has 12 heteroatoms.